The molecule has 1 fully saturated rings. The van der Waals surface area contributed by atoms with Crippen LogP contribution in [0.2, 0.25) is 0 Å². The Morgan fingerprint density at radius 3 is 2.52 bits per heavy atom. The summed E-state index contributed by atoms with van der Waals surface area (Å²) in [4.78, 5) is 24.1. The molecule has 0 bridgehead atoms. The van der Waals surface area contributed by atoms with Crippen molar-refractivity contribution < 1.29 is 9.59 Å². The summed E-state index contributed by atoms with van der Waals surface area (Å²) in [6.07, 6.45) is 4.41. The van der Waals surface area contributed by atoms with Crippen molar-refractivity contribution in [3.05, 3.63) is 29.3 Å². The van der Waals surface area contributed by atoms with E-state index < -0.39 is 11.8 Å². The van der Waals surface area contributed by atoms with Crippen LogP contribution in [0.5, 0.6) is 0 Å². The molecular weight excluding hydrogens is 264 g/mol. The van der Waals surface area contributed by atoms with Crippen molar-refractivity contribution in [1.82, 2.24) is 5.32 Å². The summed E-state index contributed by atoms with van der Waals surface area (Å²) >= 11 is 0. The van der Waals surface area contributed by atoms with Gasteiger partial charge in [-0.2, -0.15) is 0 Å². The van der Waals surface area contributed by atoms with Crippen LogP contribution in [0.3, 0.4) is 0 Å². The van der Waals surface area contributed by atoms with Gasteiger partial charge in [-0.3, -0.25) is 9.59 Å². The summed E-state index contributed by atoms with van der Waals surface area (Å²) in [5, 5.41) is 5.58. The molecule has 0 saturated heterocycles. The second-order valence-corrected chi connectivity index (χ2v) is 6.04. The molecule has 0 unspecified atom stereocenters. The molecule has 0 radical (unpaired) electrons. The highest BCUT2D eigenvalue weighted by Gasteiger charge is 2.25. The number of hydrogen-bond acceptors (Lipinski definition) is 2. The normalized spacial score (nSPS) is 21.7. The Morgan fingerprint density at radius 2 is 1.81 bits per heavy atom. The first-order chi connectivity index (χ1) is 9.99. The molecule has 21 heavy (non-hydrogen) atoms. The predicted octanol–water partition coefficient (Wildman–Crippen LogP) is 2.94. The Kier molecular flexibility index (Phi) is 4.99. The van der Waals surface area contributed by atoms with Crippen molar-refractivity contribution in [3.63, 3.8) is 0 Å². The predicted molar refractivity (Wildman–Crippen MR) is 84.1 cm³/mol. The van der Waals surface area contributed by atoms with Crippen molar-refractivity contribution in [1.29, 1.82) is 0 Å². The third kappa shape index (κ3) is 3.84. The number of carbonyl (C=O) groups is 2. The second kappa shape index (κ2) is 6.74. The van der Waals surface area contributed by atoms with Crippen molar-refractivity contribution >= 4 is 17.5 Å². The third-order valence-corrected chi connectivity index (χ3v) is 4.49. The molecule has 1 aliphatic carbocycles. The van der Waals surface area contributed by atoms with E-state index in [2.05, 4.69) is 17.6 Å². The fourth-order valence-electron chi connectivity index (χ4n) is 2.83. The lowest BCUT2D eigenvalue weighted by atomic mass is 9.86. The zero-order valence-electron chi connectivity index (χ0n) is 13.0. The summed E-state index contributed by atoms with van der Waals surface area (Å²) in [5.74, 6) is -0.674. The Balaban J connectivity index is 1.96. The van der Waals surface area contributed by atoms with Crippen LogP contribution in [0.1, 0.15) is 43.7 Å². The maximum Gasteiger partial charge on any atom is 0.313 e. The standard InChI is InChI=1S/C17H24N2O2/c1-11-8-6-10-15(13(11)3)19-17(21)16(20)18-14-9-5-4-7-12(14)2/h6,8,10,12,14H,4-5,7,9H2,1-3H3,(H,18,20)(H,19,21)/t12-,14-/m1/s1. The van der Waals surface area contributed by atoms with E-state index in [4.69, 9.17) is 0 Å². The lowest BCUT2D eigenvalue weighted by Crippen LogP contribution is -2.45. The van der Waals surface area contributed by atoms with Gasteiger partial charge in [0.25, 0.3) is 0 Å². The molecule has 0 spiro atoms. The number of anilines is 1. The Hall–Kier alpha value is -1.84. The second-order valence-electron chi connectivity index (χ2n) is 6.04. The molecule has 0 aromatic heterocycles. The quantitative estimate of drug-likeness (QED) is 0.822. The molecule has 114 valence electrons. The maximum absolute atomic E-state index is 12.0. The van der Waals surface area contributed by atoms with Crippen LogP contribution < -0.4 is 10.6 Å². The lowest BCUT2D eigenvalue weighted by molar-refractivity contribution is -0.137. The van der Waals surface area contributed by atoms with E-state index in [1.165, 1.54) is 6.42 Å². The maximum atomic E-state index is 12.0. The van der Waals surface area contributed by atoms with E-state index in [9.17, 15) is 9.59 Å². The number of carbonyl (C=O) groups excluding carboxylic acids is 2. The first-order valence-electron chi connectivity index (χ1n) is 7.67. The van der Waals surface area contributed by atoms with Gasteiger partial charge in [0, 0.05) is 11.7 Å². The van der Waals surface area contributed by atoms with Gasteiger partial charge in [-0.25, -0.2) is 0 Å². The zero-order chi connectivity index (χ0) is 15.4. The van der Waals surface area contributed by atoms with Crippen LogP contribution in [0.4, 0.5) is 5.69 Å². The van der Waals surface area contributed by atoms with Crippen LogP contribution in [0.15, 0.2) is 18.2 Å². The molecule has 0 heterocycles. The van der Waals surface area contributed by atoms with E-state index in [1.807, 2.05) is 32.0 Å². The molecule has 1 saturated carbocycles. The Morgan fingerprint density at radius 1 is 1.10 bits per heavy atom. The third-order valence-electron chi connectivity index (χ3n) is 4.49. The van der Waals surface area contributed by atoms with Crippen molar-refractivity contribution in [2.75, 3.05) is 5.32 Å². The van der Waals surface area contributed by atoms with Crippen molar-refractivity contribution in [3.8, 4) is 0 Å². The molecule has 4 heteroatoms. The molecule has 2 atom stereocenters. The van der Waals surface area contributed by atoms with Gasteiger partial charge >= 0.3 is 11.8 Å². The van der Waals surface area contributed by atoms with Crippen LogP contribution in [0, 0.1) is 19.8 Å². The van der Waals surface area contributed by atoms with Gasteiger partial charge in [0.05, 0.1) is 0 Å². The zero-order valence-corrected chi connectivity index (χ0v) is 13.0. The van der Waals surface area contributed by atoms with Gasteiger partial charge in [0.15, 0.2) is 0 Å². The molecule has 1 aromatic rings. The fraction of sp³-hybridized carbons (Fsp3) is 0.529. The molecule has 1 aromatic carbocycles. The van der Waals surface area contributed by atoms with E-state index in [1.54, 1.807) is 0 Å². The van der Waals surface area contributed by atoms with E-state index in [0.29, 0.717) is 11.6 Å². The highest BCUT2D eigenvalue weighted by atomic mass is 16.2. The summed E-state index contributed by atoms with van der Waals surface area (Å²) in [5.41, 5.74) is 2.78. The smallest absolute Gasteiger partial charge is 0.313 e. The number of hydrogen-bond donors (Lipinski definition) is 2. The molecule has 2 N–H and O–H groups in total. The minimum Gasteiger partial charge on any atom is -0.345 e. The Bertz CT molecular complexity index is 540. The van der Waals surface area contributed by atoms with Gasteiger partial charge in [-0.1, -0.05) is 31.9 Å². The largest absolute Gasteiger partial charge is 0.345 e. The minimum absolute atomic E-state index is 0.121. The molecular formula is C17H24N2O2. The van der Waals surface area contributed by atoms with Gasteiger partial charge < -0.3 is 10.6 Å². The van der Waals surface area contributed by atoms with Gasteiger partial charge in [-0.05, 0) is 49.8 Å². The van der Waals surface area contributed by atoms with Crippen LogP contribution in [-0.2, 0) is 9.59 Å². The summed E-state index contributed by atoms with van der Waals surface area (Å²) in [6, 6.07) is 5.79. The summed E-state index contributed by atoms with van der Waals surface area (Å²) in [7, 11) is 0. The van der Waals surface area contributed by atoms with Crippen LogP contribution in [-0.4, -0.2) is 17.9 Å². The van der Waals surface area contributed by atoms with Gasteiger partial charge in [0.2, 0.25) is 0 Å². The topological polar surface area (TPSA) is 58.2 Å². The SMILES string of the molecule is Cc1cccc(NC(=O)C(=O)N[C@@H]2CCCC[C@H]2C)c1C. The number of rotatable bonds is 2. The molecule has 2 amide bonds. The lowest BCUT2D eigenvalue weighted by Gasteiger charge is -2.29. The van der Waals surface area contributed by atoms with Gasteiger partial charge in [-0.15, -0.1) is 0 Å². The summed E-state index contributed by atoms with van der Waals surface area (Å²) < 4.78 is 0. The fourth-order valence-corrected chi connectivity index (χ4v) is 2.83. The molecule has 2 rings (SSSR count). The number of nitrogens with one attached hydrogen (secondary N) is 2. The van der Waals surface area contributed by atoms with Crippen molar-refractivity contribution in [2.24, 2.45) is 5.92 Å². The van der Waals surface area contributed by atoms with E-state index >= 15 is 0 Å². The van der Waals surface area contributed by atoms with Crippen LogP contribution >= 0.6 is 0 Å². The average molecular weight is 288 g/mol. The first-order valence-corrected chi connectivity index (χ1v) is 7.67. The highest BCUT2D eigenvalue weighted by molar-refractivity contribution is 6.39. The minimum atomic E-state index is -0.582. The summed E-state index contributed by atoms with van der Waals surface area (Å²) in [6.45, 7) is 6.05. The number of aryl methyl sites for hydroxylation is 1. The first kappa shape index (κ1) is 15.5. The molecule has 0 aliphatic heterocycles. The van der Waals surface area contributed by atoms with E-state index in [0.717, 1.165) is 30.4 Å². The van der Waals surface area contributed by atoms with Gasteiger partial charge in [0.1, 0.15) is 0 Å². The highest BCUT2D eigenvalue weighted by Crippen LogP contribution is 2.23. The molecule has 4 nitrogen and oxygen atoms in total. The number of benzene rings is 1. The van der Waals surface area contributed by atoms with Crippen LogP contribution in [0.25, 0.3) is 0 Å². The monoisotopic (exact) mass is 288 g/mol. The average Bonchev–Trinajstić information content (AvgIpc) is 2.46. The Labute approximate surface area is 126 Å². The number of amides is 2. The molecule has 1 aliphatic rings. The van der Waals surface area contributed by atoms with Crippen molar-refractivity contribution in [2.45, 2.75) is 52.5 Å². The van der Waals surface area contributed by atoms with E-state index in [-0.39, 0.29) is 6.04 Å².